The molecule has 0 bridgehead atoms. The van der Waals surface area contributed by atoms with Crippen molar-refractivity contribution in [1.29, 1.82) is 0 Å². The molecule has 1 fully saturated rings. The SMILES string of the molecule is CCNC1CCN(C(=O)OCC(C)C)CC1. The number of amides is 1. The molecule has 4 heteroatoms. The van der Waals surface area contributed by atoms with Gasteiger partial charge in [0.15, 0.2) is 0 Å². The lowest BCUT2D eigenvalue weighted by molar-refractivity contribution is 0.0819. The van der Waals surface area contributed by atoms with Crippen molar-refractivity contribution in [2.24, 2.45) is 5.92 Å². The smallest absolute Gasteiger partial charge is 0.409 e. The molecule has 0 aliphatic carbocycles. The second-order valence-electron chi connectivity index (χ2n) is 4.79. The molecule has 4 nitrogen and oxygen atoms in total. The molecule has 1 amide bonds. The molecule has 1 rings (SSSR count). The molecule has 1 aliphatic heterocycles. The van der Waals surface area contributed by atoms with Gasteiger partial charge in [0.05, 0.1) is 6.61 Å². The zero-order chi connectivity index (χ0) is 12.0. The van der Waals surface area contributed by atoms with Gasteiger partial charge in [0.1, 0.15) is 0 Å². The van der Waals surface area contributed by atoms with Crippen LogP contribution in [0.3, 0.4) is 0 Å². The number of likely N-dealkylation sites (tertiary alicyclic amines) is 1. The van der Waals surface area contributed by atoms with E-state index in [0.29, 0.717) is 18.6 Å². The van der Waals surface area contributed by atoms with Crippen LogP contribution in [0.1, 0.15) is 33.6 Å². The average Bonchev–Trinajstić information content (AvgIpc) is 2.27. The highest BCUT2D eigenvalue weighted by molar-refractivity contribution is 5.67. The first-order chi connectivity index (χ1) is 7.63. The highest BCUT2D eigenvalue weighted by Gasteiger charge is 2.22. The van der Waals surface area contributed by atoms with Gasteiger partial charge < -0.3 is 15.0 Å². The highest BCUT2D eigenvalue weighted by Crippen LogP contribution is 2.11. The van der Waals surface area contributed by atoms with Crippen LogP contribution in [0.2, 0.25) is 0 Å². The lowest BCUT2D eigenvalue weighted by Gasteiger charge is -2.31. The summed E-state index contributed by atoms with van der Waals surface area (Å²) in [6.45, 7) is 9.36. The first-order valence-corrected chi connectivity index (χ1v) is 6.28. The molecule has 0 radical (unpaired) electrons. The van der Waals surface area contributed by atoms with Gasteiger partial charge in [0.2, 0.25) is 0 Å². The molecule has 0 spiro atoms. The van der Waals surface area contributed by atoms with E-state index in [1.54, 1.807) is 0 Å². The van der Waals surface area contributed by atoms with Crippen LogP contribution in [-0.4, -0.2) is 43.3 Å². The number of nitrogens with zero attached hydrogens (tertiary/aromatic N) is 1. The quantitative estimate of drug-likeness (QED) is 0.798. The Kier molecular flexibility index (Phi) is 5.60. The normalized spacial score (nSPS) is 17.9. The van der Waals surface area contributed by atoms with E-state index in [9.17, 15) is 4.79 Å². The largest absolute Gasteiger partial charge is 0.449 e. The Morgan fingerprint density at radius 2 is 2.06 bits per heavy atom. The Morgan fingerprint density at radius 3 is 2.56 bits per heavy atom. The van der Waals surface area contributed by atoms with Crippen molar-refractivity contribution in [2.45, 2.75) is 39.7 Å². The van der Waals surface area contributed by atoms with Crippen LogP contribution in [-0.2, 0) is 4.74 Å². The van der Waals surface area contributed by atoms with Crippen molar-refractivity contribution in [1.82, 2.24) is 10.2 Å². The van der Waals surface area contributed by atoms with Gasteiger partial charge in [-0.15, -0.1) is 0 Å². The van der Waals surface area contributed by atoms with E-state index < -0.39 is 0 Å². The third kappa shape index (κ3) is 4.39. The second kappa shape index (κ2) is 6.74. The van der Waals surface area contributed by atoms with Crippen LogP contribution in [0.4, 0.5) is 4.79 Å². The molecular formula is C12H24N2O2. The predicted molar refractivity (Wildman–Crippen MR) is 64.5 cm³/mol. The number of hydrogen-bond acceptors (Lipinski definition) is 3. The predicted octanol–water partition coefficient (Wildman–Crippen LogP) is 1.85. The Morgan fingerprint density at radius 1 is 1.44 bits per heavy atom. The van der Waals surface area contributed by atoms with Crippen molar-refractivity contribution < 1.29 is 9.53 Å². The summed E-state index contributed by atoms with van der Waals surface area (Å²) in [5.74, 6) is 0.406. The van der Waals surface area contributed by atoms with Gasteiger partial charge in [0, 0.05) is 19.1 Å². The summed E-state index contributed by atoms with van der Waals surface area (Å²) < 4.78 is 5.20. The fraction of sp³-hybridized carbons (Fsp3) is 0.917. The van der Waals surface area contributed by atoms with Crippen LogP contribution >= 0.6 is 0 Å². The lowest BCUT2D eigenvalue weighted by atomic mass is 10.1. The molecule has 0 aromatic carbocycles. The van der Waals surface area contributed by atoms with Crippen molar-refractivity contribution in [2.75, 3.05) is 26.2 Å². The zero-order valence-corrected chi connectivity index (χ0v) is 10.7. The third-order valence-corrected chi connectivity index (χ3v) is 2.79. The number of piperidine rings is 1. The summed E-state index contributed by atoms with van der Waals surface area (Å²) in [5.41, 5.74) is 0. The van der Waals surface area contributed by atoms with Gasteiger partial charge in [0.25, 0.3) is 0 Å². The summed E-state index contributed by atoms with van der Waals surface area (Å²) in [5, 5.41) is 3.42. The zero-order valence-electron chi connectivity index (χ0n) is 10.7. The minimum Gasteiger partial charge on any atom is -0.449 e. The molecular weight excluding hydrogens is 204 g/mol. The van der Waals surface area contributed by atoms with Crippen LogP contribution < -0.4 is 5.32 Å². The first kappa shape index (κ1) is 13.3. The van der Waals surface area contributed by atoms with Gasteiger partial charge in [-0.1, -0.05) is 20.8 Å². The number of rotatable bonds is 4. The van der Waals surface area contributed by atoms with E-state index in [-0.39, 0.29) is 6.09 Å². The second-order valence-corrected chi connectivity index (χ2v) is 4.79. The molecule has 1 N–H and O–H groups in total. The van der Waals surface area contributed by atoms with Crippen molar-refractivity contribution >= 4 is 6.09 Å². The van der Waals surface area contributed by atoms with Gasteiger partial charge in [-0.25, -0.2) is 4.79 Å². The van der Waals surface area contributed by atoms with Gasteiger partial charge in [-0.05, 0) is 25.3 Å². The highest BCUT2D eigenvalue weighted by atomic mass is 16.6. The van der Waals surface area contributed by atoms with Crippen LogP contribution in [0, 0.1) is 5.92 Å². The Bertz CT molecular complexity index is 211. The van der Waals surface area contributed by atoms with E-state index in [4.69, 9.17) is 4.74 Å². The molecule has 0 aromatic rings. The van der Waals surface area contributed by atoms with Crippen molar-refractivity contribution in [3.63, 3.8) is 0 Å². The third-order valence-electron chi connectivity index (χ3n) is 2.79. The maximum Gasteiger partial charge on any atom is 0.409 e. The summed E-state index contributed by atoms with van der Waals surface area (Å²) in [6, 6.07) is 0.569. The fourth-order valence-electron chi connectivity index (χ4n) is 1.88. The Balaban J connectivity index is 2.22. The van der Waals surface area contributed by atoms with Gasteiger partial charge in [-0.2, -0.15) is 0 Å². The fourth-order valence-corrected chi connectivity index (χ4v) is 1.88. The molecule has 16 heavy (non-hydrogen) atoms. The lowest BCUT2D eigenvalue weighted by Crippen LogP contribution is -2.45. The summed E-state index contributed by atoms with van der Waals surface area (Å²) in [4.78, 5) is 13.5. The monoisotopic (exact) mass is 228 g/mol. The van der Waals surface area contributed by atoms with Crippen molar-refractivity contribution in [3.05, 3.63) is 0 Å². The molecule has 0 aromatic heterocycles. The summed E-state index contributed by atoms with van der Waals surface area (Å²) in [7, 11) is 0. The minimum atomic E-state index is -0.149. The molecule has 1 aliphatic rings. The Labute approximate surface area is 98.3 Å². The van der Waals surface area contributed by atoms with E-state index in [1.165, 1.54) is 0 Å². The number of nitrogens with one attached hydrogen (secondary N) is 1. The van der Waals surface area contributed by atoms with E-state index in [2.05, 4.69) is 12.2 Å². The van der Waals surface area contributed by atoms with Crippen LogP contribution in [0.5, 0.6) is 0 Å². The number of ether oxygens (including phenoxy) is 1. The molecule has 1 heterocycles. The number of hydrogen-bond donors (Lipinski definition) is 1. The van der Waals surface area contributed by atoms with Crippen LogP contribution in [0.25, 0.3) is 0 Å². The molecule has 94 valence electrons. The number of carbonyl (C=O) groups is 1. The summed E-state index contributed by atoms with van der Waals surface area (Å²) in [6.07, 6.45) is 1.92. The first-order valence-electron chi connectivity index (χ1n) is 6.28. The van der Waals surface area contributed by atoms with Crippen LogP contribution in [0.15, 0.2) is 0 Å². The van der Waals surface area contributed by atoms with E-state index >= 15 is 0 Å². The maximum absolute atomic E-state index is 11.7. The van der Waals surface area contributed by atoms with Gasteiger partial charge in [-0.3, -0.25) is 0 Å². The average molecular weight is 228 g/mol. The minimum absolute atomic E-state index is 0.149. The van der Waals surface area contributed by atoms with Gasteiger partial charge >= 0.3 is 6.09 Å². The molecule has 0 atom stereocenters. The van der Waals surface area contributed by atoms with E-state index in [1.807, 2.05) is 18.7 Å². The molecule has 0 unspecified atom stereocenters. The summed E-state index contributed by atoms with van der Waals surface area (Å²) >= 11 is 0. The molecule has 0 saturated carbocycles. The number of carbonyl (C=O) groups excluding carboxylic acids is 1. The molecule has 1 saturated heterocycles. The maximum atomic E-state index is 11.7. The van der Waals surface area contributed by atoms with Crippen molar-refractivity contribution in [3.8, 4) is 0 Å². The standard InChI is InChI=1S/C12H24N2O2/c1-4-13-11-5-7-14(8-6-11)12(15)16-9-10(2)3/h10-11,13H,4-9H2,1-3H3. The van der Waals surface area contributed by atoms with E-state index in [0.717, 1.165) is 32.5 Å². The topological polar surface area (TPSA) is 41.6 Å². The Hall–Kier alpha value is -0.770.